The van der Waals surface area contributed by atoms with Gasteiger partial charge in [0.25, 0.3) is 0 Å². The van der Waals surface area contributed by atoms with Gasteiger partial charge in [0.15, 0.2) is 0 Å². The SMILES string of the molecule is CC(C)n1cc(CN2CCN(C3CCN(C)CC3)C(CCO)C2)c2ccccc21. The Morgan fingerprint density at radius 1 is 1.07 bits per heavy atom. The molecule has 5 nitrogen and oxygen atoms in total. The lowest BCUT2D eigenvalue weighted by Crippen LogP contribution is -2.58. The number of nitrogens with zero attached hydrogens (tertiary/aromatic N) is 4. The summed E-state index contributed by atoms with van der Waals surface area (Å²) in [4.78, 5) is 7.77. The molecule has 1 N–H and O–H groups in total. The number of hydrogen-bond acceptors (Lipinski definition) is 4. The van der Waals surface area contributed by atoms with E-state index in [9.17, 15) is 5.11 Å². The van der Waals surface area contributed by atoms with E-state index >= 15 is 0 Å². The Morgan fingerprint density at radius 3 is 2.55 bits per heavy atom. The summed E-state index contributed by atoms with van der Waals surface area (Å²) in [5.41, 5.74) is 2.78. The van der Waals surface area contributed by atoms with E-state index in [4.69, 9.17) is 0 Å². The van der Waals surface area contributed by atoms with Crippen LogP contribution in [0, 0.1) is 0 Å². The van der Waals surface area contributed by atoms with Crippen LogP contribution in [0.4, 0.5) is 0 Å². The predicted octanol–water partition coefficient (Wildman–Crippen LogP) is 3.19. The Kier molecular flexibility index (Phi) is 6.60. The molecule has 2 saturated heterocycles. The van der Waals surface area contributed by atoms with Crippen molar-refractivity contribution in [2.45, 2.75) is 57.8 Å². The van der Waals surface area contributed by atoms with Crippen molar-refractivity contribution in [2.24, 2.45) is 0 Å². The molecule has 1 aromatic heterocycles. The maximum atomic E-state index is 9.70. The molecule has 2 aromatic rings. The maximum Gasteiger partial charge on any atom is 0.0486 e. The summed E-state index contributed by atoms with van der Waals surface area (Å²) in [6.07, 6.45) is 5.77. The second-order valence-electron chi connectivity index (χ2n) is 9.35. The topological polar surface area (TPSA) is 34.9 Å². The molecule has 2 aliphatic rings. The van der Waals surface area contributed by atoms with Gasteiger partial charge >= 0.3 is 0 Å². The maximum absolute atomic E-state index is 9.70. The molecular weight excluding hydrogens is 360 g/mol. The highest BCUT2D eigenvalue weighted by Gasteiger charge is 2.33. The monoisotopic (exact) mass is 398 g/mol. The van der Waals surface area contributed by atoms with Crippen LogP contribution in [0.5, 0.6) is 0 Å². The second kappa shape index (κ2) is 9.17. The molecule has 0 radical (unpaired) electrons. The van der Waals surface area contributed by atoms with Gasteiger partial charge in [-0.15, -0.1) is 0 Å². The summed E-state index contributed by atoms with van der Waals surface area (Å²) in [5, 5.41) is 11.1. The fourth-order valence-corrected chi connectivity index (χ4v) is 5.36. The van der Waals surface area contributed by atoms with Gasteiger partial charge in [-0.3, -0.25) is 9.80 Å². The molecule has 0 aliphatic carbocycles. The van der Waals surface area contributed by atoms with Crippen molar-refractivity contribution in [1.82, 2.24) is 19.3 Å². The highest BCUT2D eigenvalue weighted by molar-refractivity contribution is 5.84. The average molecular weight is 399 g/mol. The number of fused-ring (bicyclic) bond motifs is 1. The van der Waals surface area contributed by atoms with Crippen molar-refractivity contribution < 1.29 is 5.11 Å². The summed E-state index contributed by atoms with van der Waals surface area (Å²) < 4.78 is 2.41. The number of likely N-dealkylation sites (tertiary alicyclic amines) is 1. The molecule has 0 amide bonds. The molecule has 3 heterocycles. The number of para-hydroxylation sites is 1. The fourth-order valence-electron chi connectivity index (χ4n) is 5.36. The van der Waals surface area contributed by atoms with E-state index in [0.29, 0.717) is 18.1 Å². The van der Waals surface area contributed by atoms with Crippen LogP contribution < -0.4 is 0 Å². The molecule has 1 atom stereocenters. The van der Waals surface area contributed by atoms with Crippen molar-refractivity contribution in [1.29, 1.82) is 0 Å². The first-order valence-electron chi connectivity index (χ1n) is 11.4. The minimum absolute atomic E-state index is 0.286. The Hall–Kier alpha value is -1.40. The Morgan fingerprint density at radius 2 is 1.83 bits per heavy atom. The molecule has 0 spiro atoms. The zero-order valence-electron chi connectivity index (χ0n) is 18.4. The van der Waals surface area contributed by atoms with E-state index in [1.807, 2.05) is 0 Å². The van der Waals surface area contributed by atoms with Crippen molar-refractivity contribution in [3.63, 3.8) is 0 Å². The standard InChI is InChI=1S/C24H38N4O/c1-19(2)28-17-20(23-6-4-5-7-24(23)28)16-26-13-14-27(22(18-26)10-15-29)21-8-11-25(3)12-9-21/h4-7,17,19,21-22,29H,8-16,18H2,1-3H3. The van der Waals surface area contributed by atoms with Gasteiger partial charge in [-0.2, -0.15) is 0 Å². The molecule has 29 heavy (non-hydrogen) atoms. The number of hydrogen-bond donors (Lipinski definition) is 1. The second-order valence-corrected chi connectivity index (χ2v) is 9.35. The highest BCUT2D eigenvalue weighted by Crippen LogP contribution is 2.28. The molecule has 0 bridgehead atoms. The van der Waals surface area contributed by atoms with E-state index in [2.05, 4.69) is 70.6 Å². The van der Waals surface area contributed by atoms with E-state index in [0.717, 1.165) is 32.6 Å². The number of rotatable bonds is 6. The smallest absolute Gasteiger partial charge is 0.0486 e. The van der Waals surface area contributed by atoms with E-state index < -0.39 is 0 Å². The van der Waals surface area contributed by atoms with Crippen molar-refractivity contribution in [2.75, 3.05) is 46.4 Å². The lowest BCUT2D eigenvalue weighted by Gasteiger charge is -2.47. The van der Waals surface area contributed by atoms with Gasteiger partial charge in [0.2, 0.25) is 0 Å². The summed E-state index contributed by atoms with van der Waals surface area (Å²) >= 11 is 0. The van der Waals surface area contributed by atoms with Crippen LogP contribution in [0.3, 0.4) is 0 Å². The van der Waals surface area contributed by atoms with Gasteiger partial charge in [-0.05, 0) is 64.9 Å². The minimum atomic E-state index is 0.286. The van der Waals surface area contributed by atoms with Crippen LogP contribution in [0.15, 0.2) is 30.5 Å². The van der Waals surface area contributed by atoms with Crippen LogP contribution in [0.25, 0.3) is 10.9 Å². The molecule has 1 aromatic carbocycles. The third-order valence-corrected chi connectivity index (χ3v) is 7.01. The van der Waals surface area contributed by atoms with Crippen LogP contribution in [0.2, 0.25) is 0 Å². The minimum Gasteiger partial charge on any atom is -0.396 e. The number of piperazine rings is 1. The van der Waals surface area contributed by atoms with Crippen LogP contribution in [-0.2, 0) is 6.54 Å². The normalized spacial score (nSPS) is 23.4. The summed E-state index contributed by atoms with van der Waals surface area (Å²) in [7, 11) is 2.23. The zero-order chi connectivity index (χ0) is 20.4. The number of piperidine rings is 1. The molecule has 160 valence electrons. The van der Waals surface area contributed by atoms with Crippen LogP contribution in [-0.4, -0.2) is 82.8 Å². The van der Waals surface area contributed by atoms with Gasteiger partial charge in [0, 0.05) is 68.0 Å². The lowest BCUT2D eigenvalue weighted by atomic mass is 9.98. The predicted molar refractivity (Wildman–Crippen MR) is 120 cm³/mol. The first-order valence-corrected chi connectivity index (χ1v) is 11.4. The third kappa shape index (κ3) is 4.53. The molecule has 2 fully saturated rings. The molecule has 2 aliphatic heterocycles. The third-order valence-electron chi connectivity index (χ3n) is 7.01. The number of aliphatic hydroxyl groups is 1. The molecular formula is C24H38N4O. The fraction of sp³-hybridized carbons (Fsp3) is 0.667. The Bertz CT molecular complexity index is 793. The molecule has 5 heteroatoms. The number of benzene rings is 1. The van der Waals surface area contributed by atoms with Gasteiger partial charge in [-0.25, -0.2) is 0 Å². The quantitative estimate of drug-likeness (QED) is 0.811. The van der Waals surface area contributed by atoms with Gasteiger partial charge in [-0.1, -0.05) is 18.2 Å². The molecule has 1 unspecified atom stereocenters. The van der Waals surface area contributed by atoms with Gasteiger partial charge in [0.1, 0.15) is 0 Å². The van der Waals surface area contributed by atoms with E-state index in [1.54, 1.807) is 0 Å². The van der Waals surface area contributed by atoms with E-state index in [1.165, 1.54) is 42.4 Å². The zero-order valence-corrected chi connectivity index (χ0v) is 18.4. The Balaban J connectivity index is 1.48. The van der Waals surface area contributed by atoms with Crippen LogP contribution in [0.1, 0.15) is 44.7 Å². The van der Waals surface area contributed by atoms with Crippen molar-refractivity contribution in [3.8, 4) is 0 Å². The summed E-state index contributed by atoms with van der Waals surface area (Å²) in [6, 6.07) is 10.4. The summed E-state index contributed by atoms with van der Waals surface area (Å²) in [6.45, 7) is 11.5. The van der Waals surface area contributed by atoms with Crippen molar-refractivity contribution in [3.05, 3.63) is 36.0 Å². The molecule has 4 rings (SSSR count). The average Bonchev–Trinajstić information content (AvgIpc) is 3.08. The van der Waals surface area contributed by atoms with Crippen molar-refractivity contribution >= 4 is 10.9 Å². The van der Waals surface area contributed by atoms with E-state index in [-0.39, 0.29) is 6.61 Å². The highest BCUT2D eigenvalue weighted by atomic mass is 16.3. The first-order chi connectivity index (χ1) is 14.1. The lowest BCUT2D eigenvalue weighted by molar-refractivity contribution is 0.00610. The number of aromatic nitrogens is 1. The van der Waals surface area contributed by atoms with Gasteiger partial charge < -0.3 is 14.6 Å². The number of aliphatic hydroxyl groups excluding tert-OH is 1. The molecule has 0 saturated carbocycles. The van der Waals surface area contributed by atoms with Crippen LogP contribution >= 0.6 is 0 Å². The summed E-state index contributed by atoms with van der Waals surface area (Å²) in [5.74, 6) is 0. The Labute approximate surface area is 175 Å². The first kappa shape index (κ1) is 20.9. The van der Waals surface area contributed by atoms with Gasteiger partial charge in [0.05, 0.1) is 0 Å². The largest absolute Gasteiger partial charge is 0.396 e.